The van der Waals surface area contributed by atoms with Gasteiger partial charge in [0.1, 0.15) is 0 Å². The molecule has 4 rings (SSSR count). The van der Waals surface area contributed by atoms with E-state index in [4.69, 9.17) is 10.5 Å². The summed E-state index contributed by atoms with van der Waals surface area (Å²) in [5.74, 6) is -0.850. The zero-order chi connectivity index (χ0) is 28.2. The van der Waals surface area contributed by atoms with Crippen molar-refractivity contribution in [3.05, 3.63) is 71.8 Å². The van der Waals surface area contributed by atoms with Crippen molar-refractivity contribution in [3.8, 4) is 0 Å². The second-order valence-corrected chi connectivity index (χ2v) is 12.1. The molecule has 2 aromatic rings. The van der Waals surface area contributed by atoms with Crippen LogP contribution in [-0.4, -0.2) is 65.2 Å². The van der Waals surface area contributed by atoms with E-state index in [0.29, 0.717) is 26.2 Å². The maximum Gasteiger partial charge on any atom is 0.231 e. The van der Waals surface area contributed by atoms with Crippen molar-refractivity contribution in [1.29, 1.82) is 0 Å². The van der Waals surface area contributed by atoms with Crippen LogP contribution in [0.4, 0.5) is 0 Å². The fourth-order valence-corrected chi connectivity index (χ4v) is 6.03. The number of amides is 2. The molecule has 39 heavy (non-hydrogen) atoms. The Kier molecular flexibility index (Phi) is 8.92. The number of rotatable bonds is 10. The lowest BCUT2D eigenvalue weighted by molar-refractivity contribution is -0.149. The predicted octanol–water partition coefficient (Wildman–Crippen LogP) is 4.16. The standard InChI is InChI=1S/C32H43N3O4/c1-23(2)35-19-27(25-14-9-6-10-15-25)32(30(35)38)16-11-17-34(22-32)29(37)26(18-28(36)31(3,4)33)21-39-20-24-12-7-5-8-13-24/h5-10,12-15,23,26-27H,11,16-22,33H2,1-4H3/t26-,27?,32?/m1/s1. The third kappa shape index (κ3) is 6.42. The van der Waals surface area contributed by atoms with E-state index in [2.05, 4.69) is 12.1 Å². The third-order valence-corrected chi connectivity index (χ3v) is 8.32. The number of carbonyl (C=O) groups is 3. The van der Waals surface area contributed by atoms with Crippen molar-refractivity contribution < 1.29 is 19.1 Å². The number of nitrogens with zero attached hydrogens (tertiary/aromatic N) is 2. The van der Waals surface area contributed by atoms with Gasteiger partial charge < -0.3 is 20.3 Å². The van der Waals surface area contributed by atoms with E-state index in [1.54, 1.807) is 13.8 Å². The van der Waals surface area contributed by atoms with Crippen LogP contribution in [0.2, 0.25) is 0 Å². The summed E-state index contributed by atoms with van der Waals surface area (Å²) in [6, 6.07) is 20.0. The first-order valence-corrected chi connectivity index (χ1v) is 14.1. The van der Waals surface area contributed by atoms with Gasteiger partial charge in [-0.1, -0.05) is 60.7 Å². The average molecular weight is 534 g/mol. The first kappa shape index (κ1) is 29.0. The minimum atomic E-state index is -1.04. The molecule has 0 bridgehead atoms. The van der Waals surface area contributed by atoms with Crippen LogP contribution in [0.25, 0.3) is 0 Å². The molecule has 0 aliphatic carbocycles. The zero-order valence-electron chi connectivity index (χ0n) is 23.8. The van der Waals surface area contributed by atoms with Crippen LogP contribution in [0.5, 0.6) is 0 Å². The lowest BCUT2D eigenvalue weighted by Gasteiger charge is -2.43. The van der Waals surface area contributed by atoms with E-state index in [1.807, 2.05) is 72.2 Å². The second-order valence-electron chi connectivity index (χ2n) is 12.1. The minimum Gasteiger partial charge on any atom is -0.376 e. The fourth-order valence-electron chi connectivity index (χ4n) is 6.03. The van der Waals surface area contributed by atoms with Crippen molar-refractivity contribution in [2.24, 2.45) is 17.1 Å². The Labute approximate surface area is 232 Å². The molecule has 0 saturated carbocycles. The summed E-state index contributed by atoms with van der Waals surface area (Å²) in [4.78, 5) is 44.7. The SMILES string of the molecule is CC(C)N1CC(c2ccccc2)C2(CCCN(C(=O)[C@@H](COCc3ccccc3)CC(=O)C(C)(C)N)C2)C1=O. The molecule has 0 aromatic heterocycles. The molecule has 0 radical (unpaired) electrons. The minimum absolute atomic E-state index is 0.00147. The van der Waals surface area contributed by atoms with Crippen LogP contribution in [-0.2, 0) is 25.7 Å². The van der Waals surface area contributed by atoms with Gasteiger partial charge in [0.25, 0.3) is 0 Å². The number of ether oxygens (including phenoxy) is 1. The Morgan fingerprint density at radius 2 is 1.72 bits per heavy atom. The molecule has 2 aromatic carbocycles. The van der Waals surface area contributed by atoms with Crippen molar-refractivity contribution in [2.75, 3.05) is 26.2 Å². The van der Waals surface area contributed by atoms with Gasteiger partial charge in [0.15, 0.2) is 5.78 Å². The Morgan fingerprint density at radius 3 is 2.33 bits per heavy atom. The van der Waals surface area contributed by atoms with Crippen LogP contribution >= 0.6 is 0 Å². The summed E-state index contributed by atoms with van der Waals surface area (Å²) in [6.45, 7) is 9.46. The molecule has 2 heterocycles. The second kappa shape index (κ2) is 12.0. The molecule has 7 heteroatoms. The summed E-state index contributed by atoms with van der Waals surface area (Å²) in [5, 5.41) is 0. The molecular formula is C32H43N3O4. The highest BCUT2D eigenvalue weighted by Gasteiger charge is 2.57. The first-order chi connectivity index (χ1) is 18.5. The molecule has 7 nitrogen and oxygen atoms in total. The molecule has 2 fully saturated rings. The number of carbonyl (C=O) groups excluding carboxylic acids is 3. The van der Waals surface area contributed by atoms with Gasteiger partial charge in [-0.15, -0.1) is 0 Å². The Balaban J connectivity index is 1.57. The van der Waals surface area contributed by atoms with Gasteiger partial charge in [-0.05, 0) is 51.7 Å². The largest absolute Gasteiger partial charge is 0.376 e. The van der Waals surface area contributed by atoms with Gasteiger partial charge in [-0.2, -0.15) is 0 Å². The zero-order valence-corrected chi connectivity index (χ0v) is 23.8. The highest BCUT2D eigenvalue weighted by Crippen LogP contribution is 2.50. The molecular weight excluding hydrogens is 490 g/mol. The predicted molar refractivity (Wildman–Crippen MR) is 152 cm³/mol. The van der Waals surface area contributed by atoms with Crippen LogP contribution < -0.4 is 5.73 Å². The smallest absolute Gasteiger partial charge is 0.231 e. The van der Waals surface area contributed by atoms with Gasteiger partial charge >= 0.3 is 0 Å². The van der Waals surface area contributed by atoms with Crippen LogP contribution in [0, 0.1) is 11.3 Å². The van der Waals surface area contributed by atoms with E-state index < -0.39 is 16.9 Å². The van der Waals surface area contributed by atoms with E-state index in [0.717, 1.165) is 24.0 Å². The molecule has 210 valence electrons. The molecule has 2 N–H and O–H groups in total. The number of nitrogens with two attached hydrogens (primary N) is 1. The maximum atomic E-state index is 14.0. The number of benzene rings is 2. The van der Waals surface area contributed by atoms with E-state index in [1.165, 1.54) is 0 Å². The average Bonchev–Trinajstić information content (AvgIpc) is 3.19. The summed E-state index contributed by atoms with van der Waals surface area (Å²) in [7, 11) is 0. The van der Waals surface area contributed by atoms with Gasteiger partial charge in [0, 0.05) is 38.0 Å². The fraction of sp³-hybridized carbons (Fsp3) is 0.531. The highest BCUT2D eigenvalue weighted by atomic mass is 16.5. The van der Waals surface area contributed by atoms with Crippen LogP contribution in [0.15, 0.2) is 60.7 Å². The number of Topliss-reactive ketones (excluding diaryl/α,β-unsaturated/α-hetero) is 1. The number of hydrogen-bond donors (Lipinski definition) is 1. The van der Waals surface area contributed by atoms with Crippen LogP contribution in [0.3, 0.4) is 0 Å². The van der Waals surface area contributed by atoms with Crippen molar-refractivity contribution in [3.63, 3.8) is 0 Å². The van der Waals surface area contributed by atoms with Crippen molar-refractivity contribution >= 4 is 17.6 Å². The summed E-state index contributed by atoms with van der Waals surface area (Å²) in [5.41, 5.74) is 6.51. The number of ketones is 1. The van der Waals surface area contributed by atoms with Crippen LogP contribution in [0.1, 0.15) is 64.0 Å². The maximum absolute atomic E-state index is 14.0. The molecule has 2 unspecified atom stereocenters. The number of piperidine rings is 1. The van der Waals surface area contributed by atoms with Gasteiger partial charge in [0.2, 0.25) is 11.8 Å². The lowest BCUT2D eigenvalue weighted by Crippen LogP contribution is -2.54. The molecule has 3 atom stereocenters. The first-order valence-electron chi connectivity index (χ1n) is 14.1. The summed E-state index contributed by atoms with van der Waals surface area (Å²) >= 11 is 0. The monoisotopic (exact) mass is 533 g/mol. The van der Waals surface area contributed by atoms with E-state index in [9.17, 15) is 14.4 Å². The van der Waals surface area contributed by atoms with Gasteiger partial charge in [0.05, 0.1) is 30.1 Å². The topological polar surface area (TPSA) is 92.9 Å². The highest BCUT2D eigenvalue weighted by molar-refractivity contribution is 5.93. The number of hydrogen-bond acceptors (Lipinski definition) is 5. The summed E-state index contributed by atoms with van der Waals surface area (Å²) in [6.07, 6.45) is 1.48. The molecule has 2 saturated heterocycles. The lowest BCUT2D eigenvalue weighted by atomic mass is 9.69. The molecule has 2 amide bonds. The van der Waals surface area contributed by atoms with Gasteiger partial charge in [-0.3, -0.25) is 14.4 Å². The third-order valence-electron chi connectivity index (χ3n) is 8.32. The molecule has 2 aliphatic heterocycles. The Morgan fingerprint density at radius 1 is 1.08 bits per heavy atom. The van der Waals surface area contributed by atoms with E-state index in [-0.39, 0.29) is 42.6 Å². The van der Waals surface area contributed by atoms with Crippen molar-refractivity contribution in [2.45, 2.75) is 71.1 Å². The normalized spacial score (nSPS) is 22.5. The van der Waals surface area contributed by atoms with Gasteiger partial charge in [-0.25, -0.2) is 0 Å². The summed E-state index contributed by atoms with van der Waals surface area (Å²) < 4.78 is 5.97. The Hall–Kier alpha value is -3.03. The van der Waals surface area contributed by atoms with E-state index >= 15 is 0 Å². The molecule has 1 spiro atoms. The van der Waals surface area contributed by atoms with Crippen molar-refractivity contribution in [1.82, 2.24) is 9.80 Å². The number of likely N-dealkylation sites (tertiary alicyclic amines) is 2. The Bertz CT molecular complexity index is 1150. The molecule has 2 aliphatic rings. The quantitative estimate of drug-likeness (QED) is 0.495.